The van der Waals surface area contributed by atoms with Gasteiger partial charge in [-0.1, -0.05) is 23.7 Å². The Kier molecular flexibility index (Phi) is 6.19. The van der Waals surface area contributed by atoms with E-state index in [0.717, 1.165) is 0 Å². The van der Waals surface area contributed by atoms with Crippen LogP contribution in [0, 0.1) is 12.7 Å². The number of halogens is 2. The Morgan fingerprint density at radius 3 is 2.42 bits per heavy atom. The Morgan fingerprint density at radius 2 is 1.70 bits per heavy atom. The summed E-state index contributed by atoms with van der Waals surface area (Å²) in [5.74, 6) is -0.980. The zero-order valence-electron chi connectivity index (χ0n) is 17.8. The molecule has 0 unspecified atom stereocenters. The molecule has 0 bridgehead atoms. The summed E-state index contributed by atoms with van der Waals surface area (Å²) in [7, 11) is 1.63. The Labute approximate surface area is 194 Å². The van der Waals surface area contributed by atoms with Gasteiger partial charge in [-0.25, -0.2) is 4.39 Å². The lowest BCUT2D eigenvalue weighted by Crippen LogP contribution is -2.14. The van der Waals surface area contributed by atoms with E-state index in [1.54, 1.807) is 68.7 Å². The van der Waals surface area contributed by atoms with E-state index < -0.39 is 11.7 Å². The second-order valence-corrected chi connectivity index (χ2v) is 7.66. The van der Waals surface area contributed by atoms with E-state index in [1.807, 2.05) is 0 Å². The molecular formula is C24H19ClFN5O2. The molecule has 0 saturated heterocycles. The molecule has 2 aromatic carbocycles. The monoisotopic (exact) mass is 463 g/mol. The first kappa shape index (κ1) is 22.2. The maximum Gasteiger partial charge on any atom is 0.258 e. The van der Waals surface area contributed by atoms with Crippen molar-refractivity contribution in [2.45, 2.75) is 6.92 Å². The maximum absolute atomic E-state index is 14.9. The van der Waals surface area contributed by atoms with Crippen LogP contribution in [0.15, 0.2) is 66.9 Å². The number of aromatic nitrogens is 3. The van der Waals surface area contributed by atoms with E-state index in [4.69, 9.17) is 11.6 Å². The van der Waals surface area contributed by atoms with E-state index in [0.29, 0.717) is 39.0 Å². The fourth-order valence-electron chi connectivity index (χ4n) is 3.27. The normalized spacial score (nSPS) is 10.7. The van der Waals surface area contributed by atoms with Gasteiger partial charge in [0.05, 0.1) is 21.8 Å². The molecular weight excluding hydrogens is 445 g/mol. The Morgan fingerprint density at radius 1 is 0.970 bits per heavy atom. The molecule has 0 fully saturated rings. The van der Waals surface area contributed by atoms with Crippen molar-refractivity contribution in [2.24, 2.45) is 7.05 Å². The van der Waals surface area contributed by atoms with Crippen LogP contribution in [0.25, 0.3) is 11.3 Å². The van der Waals surface area contributed by atoms with Crippen molar-refractivity contribution in [3.8, 4) is 11.3 Å². The third-order valence-electron chi connectivity index (χ3n) is 4.99. The summed E-state index contributed by atoms with van der Waals surface area (Å²) in [6, 6.07) is 15.9. The predicted molar refractivity (Wildman–Crippen MR) is 125 cm³/mol. The molecule has 0 aliphatic heterocycles. The van der Waals surface area contributed by atoms with Gasteiger partial charge in [0.15, 0.2) is 0 Å². The lowest BCUT2D eigenvalue weighted by atomic mass is 10.1. The number of nitrogens with one attached hydrogen (secondary N) is 2. The fraction of sp³-hybridized carbons (Fsp3) is 0.0833. The van der Waals surface area contributed by atoms with Gasteiger partial charge in [-0.3, -0.25) is 19.3 Å². The number of hydrogen-bond donors (Lipinski definition) is 2. The minimum atomic E-state index is -0.571. The van der Waals surface area contributed by atoms with Crippen molar-refractivity contribution in [3.63, 3.8) is 0 Å². The lowest BCUT2D eigenvalue weighted by molar-refractivity contribution is 0.101. The van der Waals surface area contributed by atoms with Crippen molar-refractivity contribution in [1.82, 2.24) is 14.8 Å². The first-order valence-corrected chi connectivity index (χ1v) is 10.3. The average molecular weight is 464 g/mol. The van der Waals surface area contributed by atoms with Crippen molar-refractivity contribution < 1.29 is 14.0 Å². The number of benzene rings is 2. The van der Waals surface area contributed by atoms with Gasteiger partial charge in [-0.05, 0) is 49.4 Å². The van der Waals surface area contributed by atoms with Crippen molar-refractivity contribution in [2.75, 3.05) is 10.6 Å². The number of carbonyl (C=O) groups excluding carboxylic acids is 2. The molecule has 4 rings (SSSR count). The van der Waals surface area contributed by atoms with Crippen LogP contribution < -0.4 is 10.6 Å². The standard InChI is InChI=1S/C24H19ClFN5O2/c1-14-16(7-5-11-27-14)23(32)28-15-9-10-18(20(26)12-15)21-13-22(31(2)30-21)29-24(33)17-6-3-4-8-19(17)25/h3-13H,1-2H3,(H,28,32)(H,29,33). The second-order valence-electron chi connectivity index (χ2n) is 7.26. The molecule has 33 heavy (non-hydrogen) atoms. The zero-order valence-corrected chi connectivity index (χ0v) is 18.5. The number of amides is 2. The molecule has 0 aliphatic carbocycles. The van der Waals surface area contributed by atoms with Crippen molar-refractivity contribution in [1.29, 1.82) is 0 Å². The summed E-state index contributed by atoms with van der Waals surface area (Å²) in [4.78, 5) is 29.1. The third-order valence-corrected chi connectivity index (χ3v) is 5.32. The minimum Gasteiger partial charge on any atom is -0.322 e. The molecule has 2 aromatic heterocycles. The van der Waals surface area contributed by atoms with Gasteiger partial charge >= 0.3 is 0 Å². The molecule has 0 spiro atoms. The van der Waals surface area contributed by atoms with Crippen LogP contribution >= 0.6 is 11.6 Å². The van der Waals surface area contributed by atoms with Crippen LogP contribution in [0.3, 0.4) is 0 Å². The largest absolute Gasteiger partial charge is 0.322 e. The molecule has 0 atom stereocenters. The molecule has 2 heterocycles. The van der Waals surface area contributed by atoms with Gasteiger partial charge in [0, 0.05) is 36.3 Å². The summed E-state index contributed by atoms with van der Waals surface area (Å²) in [5.41, 5.74) is 2.15. The van der Waals surface area contributed by atoms with Crippen LogP contribution in [0.2, 0.25) is 5.02 Å². The van der Waals surface area contributed by atoms with Gasteiger partial charge in [0.25, 0.3) is 11.8 Å². The van der Waals surface area contributed by atoms with Crippen molar-refractivity contribution in [3.05, 3.63) is 94.5 Å². The fourth-order valence-corrected chi connectivity index (χ4v) is 3.49. The molecule has 0 aliphatic rings. The number of pyridine rings is 1. The number of carbonyl (C=O) groups is 2. The smallest absolute Gasteiger partial charge is 0.258 e. The van der Waals surface area contributed by atoms with Crippen LogP contribution in [0.1, 0.15) is 26.4 Å². The van der Waals surface area contributed by atoms with E-state index in [-0.39, 0.29) is 11.5 Å². The minimum absolute atomic E-state index is 0.222. The SMILES string of the molecule is Cc1ncccc1C(=O)Nc1ccc(-c2cc(NC(=O)c3ccccc3Cl)n(C)n2)c(F)c1. The van der Waals surface area contributed by atoms with Crippen molar-refractivity contribution >= 4 is 34.9 Å². The first-order chi connectivity index (χ1) is 15.8. The molecule has 0 radical (unpaired) electrons. The highest BCUT2D eigenvalue weighted by atomic mass is 35.5. The Balaban J connectivity index is 1.53. The van der Waals surface area contributed by atoms with Crippen LogP contribution in [0.5, 0.6) is 0 Å². The van der Waals surface area contributed by atoms with Gasteiger partial charge in [-0.15, -0.1) is 0 Å². The molecule has 4 aromatic rings. The topological polar surface area (TPSA) is 88.9 Å². The van der Waals surface area contributed by atoms with Crippen LogP contribution in [-0.4, -0.2) is 26.6 Å². The molecule has 166 valence electrons. The number of hydrogen-bond acceptors (Lipinski definition) is 4. The van der Waals surface area contributed by atoms with Gasteiger partial charge in [-0.2, -0.15) is 5.10 Å². The van der Waals surface area contributed by atoms with Gasteiger partial charge in [0.1, 0.15) is 11.6 Å². The quantitative estimate of drug-likeness (QED) is 0.431. The molecule has 9 heteroatoms. The predicted octanol–water partition coefficient (Wildman–Crippen LogP) is 5.09. The summed E-state index contributed by atoms with van der Waals surface area (Å²) in [6.07, 6.45) is 1.60. The van der Waals surface area contributed by atoms with E-state index >= 15 is 0 Å². The Bertz CT molecular complexity index is 1370. The molecule has 7 nitrogen and oxygen atoms in total. The van der Waals surface area contributed by atoms with Crippen LogP contribution in [-0.2, 0) is 7.05 Å². The molecule has 0 saturated carbocycles. The van der Waals surface area contributed by atoms with E-state index in [2.05, 4.69) is 20.7 Å². The van der Waals surface area contributed by atoms with E-state index in [9.17, 15) is 14.0 Å². The zero-order chi connectivity index (χ0) is 23.5. The second kappa shape index (κ2) is 9.22. The number of rotatable bonds is 5. The number of nitrogens with zero attached hydrogens (tertiary/aromatic N) is 3. The van der Waals surface area contributed by atoms with Gasteiger partial charge < -0.3 is 10.6 Å². The average Bonchev–Trinajstić information content (AvgIpc) is 3.14. The number of aryl methyl sites for hydroxylation is 2. The van der Waals surface area contributed by atoms with E-state index in [1.165, 1.54) is 16.8 Å². The Hall–Kier alpha value is -4.04. The highest BCUT2D eigenvalue weighted by Crippen LogP contribution is 2.27. The summed E-state index contributed by atoms with van der Waals surface area (Å²) in [6.45, 7) is 1.72. The third kappa shape index (κ3) is 4.75. The lowest BCUT2D eigenvalue weighted by Gasteiger charge is -2.08. The van der Waals surface area contributed by atoms with Gasteiger partial charge in [0.2, 0.25) is 0 Å². The molecule has 2 amide bonds. The highest BCUT2D eigenvalue weighted by Gasteiger charge is 2.17. The van der Waals surface area contributed by atoms with Crippen LogP contribution in [0.4, 0.5) is 15.9 Å². The first-order valence-electron chi connectivity index (χ1n) is 9.96. The summed E-state index contributed by atoms with van der Waals surface area (Å²) >= 11 is 6.08. The summed E-state index contributed by atoms with van der Waals surface area (Å²) in [5, 5.41) is 10.0. The number of anilines is 2. The maximum atomic E-state index is 14.9. The molecule has 2 N–H and O–H groups in total. The highest BCUT2D eigenvalue weighted by molar-refractivity contribution is 6.34. The summed E-state index contributed by atoms with van der Waals surface area (Å²) < 4.78 is 16.3.